The van der Waals surface area contributed by atoms with Gasteiger partial charge in [0.25, 0.3) is 0 Å². The first-order chi connectivity index (χ1) is 10.2. The van der Waals surface area contributed by atoms with Gasteiger partial charge in [-0.15, -0.1) is 0 Å². The largest absolute Gasteiger partial charge is 0.298 e. The molecule has 110 valence electrons. The van der Waals surface area contributed by atoms with E-state index in [0.717, 1.165) is 46.1 Å². The van der Waals surface area contributed by atoms with Crippen molar-refractivity contribution in [1.82, 2.24) is 9.78 Å². The van der Waals surface area contributed by atoms with Crippen molar-refractivity contribution in [3.05, 3.63) is 45.7 Å². The summed E-state index contributed by atoms with van der Waals surface area (Å²) in [5.41, 5.74) is 3.89. The van der Waals surface area contributed by atoms with E-state index in [1.807, 2.05) is 23.0 Å². The number of aldehydes is 1. The Labute approximate surface area is 133 Å². The van der Waals surface area contributed by atoms with E-state index >= 15 is 0 Å². The summed E-state index contributed by atoms with van der Waals surface area (Å²) in [4.78, 5) is 11.4. The number of aryl methyl sites for hydroxylation is 1. The fourth-order valence-electron chi connectivity index (χ4n) is 3.18. The van der Waals surface area contributed by atoms with E-state index < -0.39 is 0 Å². The lowest BCUT2D eigenvalue weighted by atomic mass is 9.86. The molecule has 0 bridgehead atoms. The Morgan fingerprint density at radius 1 is 1.29 bits per heavy atom. The molecule has 1 aliphatic carbocycles. The van der Waals surface area contributed by atoms with Crippen LogP contribution in [0.2, 0.25) is 0 Å². The fourth-order valence-corrected chi connectivity index (χ4v) is 3.66. The molecule has 0 radical (unpaired) electrons. The first-order valence-electron chi connectivity index (χ1n) is 7.50. The third-order valence-electron chi connectivity index (χ3n) is 4.30. The van der Waals surface area contributed by atoms with Crippen LogP contribution in [0.1, 0.15) is 59.6 Å². The maximum atomic E-state index is 11.4. The molecule has 4 heteroatoms. The van der Waals surface area contributed by atoms with Gasteiger partial charge in [0.15, 0.2) is 6.29 Å². The third-order valence-corrected chi connectivity index (χ3v) is 4.79. The molecule has 0 saturated heterocycles. The quantitative estimate of drug-likeness (QED) is 0.748. The molecule has 1 fully saturated rings. The van der Waals surface area contributed by atoms with Gasteiger partial charge in [-0.1, -0.05) is 35.2 Å². The Hall–Kier alpha value is -1.42. The van der Waals surface area contributed by atoms with Crippen LogP contribution in [0.25, 0.3) is 5.69 Å². The molecule has 0 amide bonds. The van der Waals surface area contributed by atoms with Gasteiger partial charge in [-0.2, -0.15) is 5.10 Å². The minimum Gasteiger partial charge on any atom is -0.298 e. The van der Waals surface area contributed by atoms with Gasteiger partial charge in [-0.25, -0.2) is 4.68 Å². The molecule has 0 spiro atoms. The topological polar surface area (TPSA) is 34.9 Å². The van der Waals surface area contributed by atoms with Gasteiger partial charge < -0.3 is 0 Å². The van der Waals surface area contributed by atoms with Gasteiger partial charge in [0, 0.05) is 16.6 Å². The van der Waals surface area contributed by atoms with Crippen LogP contribution in [-0.4, -0.2) is 16.1 Å². The molecule has 0 aliphatic heterocycles. The lowest BCUT2D eigenvalue weighted by Crippen LogP contribution is -2.08. The predicted molar refractivity (Wildman–Crippen MR) is 87.2 cm³/mol. The average Bonchev–Trinajstić information content (AvgIpc) is 2.92. The van der Waals surface area contributed by atoms with Gasteiger partial charge in [-0.05, 0) is 43.5 Å². The summed E-state index contributed by atoms with van der Waals surface area (Å²) in [6.07, 6.45) is 8.91. The lowest BCUT2D eigenvalue weighted by Gasteiger charge is -2.20. The van der Waals surface area contributed by atoms with Crippen molar-refractivity contribution in [3.8, 4) is 5.69 Å². The zero-order chi connectivity index (χ0) is 14.8. The van der Waals surface area contributed by atoms with Crippen LogP contribution >= 0.6 is 15.9 Å². The first kappa shape index (κ1) is 14.5. The van der Waals surface area contributed by atoms with Crippen LogP contribution in [0, 0.1) is 6.92 Å². The van der Waals surface area contributed by atoms with E-state index in [2.05, 4.69) is 28.9 Å². The van der Waals surface area contributed by atoms with Crippen molar-refractivity contribution in [1.29, 1.82) is 0 Å². The van der Waals surface area contributed by atoms with E-state index in [0.29, 0.717) is 5.92 Å². The SMILES string of the molecule is Cc1cc(Br)ccc1-n1cc(C=O)c(C2CCCCC2)n1. The Balaban J connectivity index is 2.00. The van der Waals surface area contributed by atoms with E-state index in [1.165, 1.54) is 19.3 Å². The second-order valence-corrected chi connectivity index (χ2v) is 6.71. The molecule has 3 nitrogen and oxygen atoms in total. The van der Waals surface area contributed by atoms with E-state index in [-0.39, 0.29) is 0 Å². The number of hydrogen-bond acceptors (Lipinski definition) is 2. The van der Waals surface area contributed by atoms with Crippen LogP contribution in [0.4, 0.5) is 0 Å². The van der Waals surface area contributed by atoms with Crippen LogP contribution < -0.4 is 0 Å². The van der Waals surface area contributed by atoms with E-state index in [1.54, 1.807) is 0 Å². The molecule has 1 heterocycles. The number of rotatable bonds is 3. The van der Waals surface area contributed by atoms with Gasteiger partial charge in [0.2, 0.25) is 0 Å². The number of carbonyl (C=O) groups excluding carboxylic acids is 1. The normalized spacial score (nSPS) is 16.1. The van der Waals surface area contributed by atoms with Crippen molar-refractivity contribution in [3.63, 3.8) is 0 Å². The Morgan fingerprint density at radius 3 is 2.71 bits per heavy atom. The molecule has 1 saturated carbocycles. The number of hydrogen-bond donors (Lipinski definition) is 0. The molecule has 1 aromatic carbocycles. The predicted octanol–water partition coefficient (Wildman–Crippen LogP) is 4.80. The van der Waals surface area contributed by atoms with Crippen molar-refractivity contribution in [2.24, 2.45) is 0 Å². The average molecular weight is 347 g/mol. The van der Waals surface area contributed by atoms with Gasteiger partial charge in [0.1, 0.15) is 0 Å². The molecule has 1 aliphatic rings. The molecule has 0 atom stereocenters. The number of halogens is 1. The zero-order valence-corrected chi connectivity index (χ0v) is 13.8. The number of aromatic nitrogens is 2. The van der Waals surface area contributed by atoms with Crippen LogP contribution in [0.5, 0.6) is 0 Å². The smallest absolute Gasteiger partial charge is 0.153 e. The highest BCUT2D eigenvalue weighted by molar-refractivity contribution is 9.10. The molecular formula is C17H19BrN2O. The zero-order valence-electron chi connectivity index (χ0n) is 12.2. The molecule has 0 unspecified atom stereocenters. The summed E-state index contributed by atoms with van der Waals surface area (Å²) in [6, 6.07) is 6.11. The third kappa shape index (κ3) is 2.95. The summed E-state index contributed by atoms with van der Waals surface area (Å²) in [5, 5.41) is 4.74. The highest BCUT2D eigenvalue weighted by Gasteiger charge is 2.22. The second-order valence-electron chi connectivity index (χ2n) is 5.80. The Kier molecular flexibility index (Phi) is 4.24. The summed E-state index contributed by atoms with van der Waals surface area (Å²) >= 11 is 3.48. The van der Waals surface area contributed by atoms with Gasteiger partial charge >= 0.3 is 0 Å². The molecule has 0 N–H and O–H groups in total. The number of nitrogens with zero attached hydrogens (tertiary/aromatic N) is 2. The van der Waals surface area contributed by atoms with Crippen LogP contribution in [-0.2, 0) is 0 Å². The number of carbonyl (C=O) groups is 1. The molecule has 3 rings (SSSR count). The highest BCUT2D eigenvalue weighted by atomic mass is 79.9. The minimum absolute atomic E-state index is 0.441. The highest BCUT2D eigenvalue weighted by Crippen LogP contribution is 2.33. The monoisotopic (exact) mass is 346 g/mol. The van der Waals surface area contributed by atoms with Gasteiger partial charge in [0.05, 0.1) is 16.9 Å². The van der Waals surface area contributed by atoms with Crippen molar-refractivity contribution < 1.29 is 4.79 Å². The molecular weight excluding hydrogens is 328 g/mol. The standard InChI is InChI=1S/C17H19BrN2O/c1-12-9-15(18)7-8-16(12)20-10-14(11-21)17(19-20)13-5-3-2-4-6-13/h7-11,13H,2-6H2,1H3. The van der Waals surface area contributed by atoms with Gasteiger partial charge in [-0.3, -0.25) is 4.79 Å². The molecule has 21 heavy (non-hydrogen) atoms. The Bertz CT molecular complexity index is 657. The fraction of sp³-hybridized carbons (Fsp3) is 0.412. The summed E-state index contributed by atoms with van der Waals surface area (Å²) in [7, 11) is 0. The summed E-state index contributed by atoms with van der Waals surface area (Å²) < 4.78 is 2.91. The molecule has 2 aromatic rings. The van der Waals surface area contributed by atoms with E-state index in [9.17, 15) is 4.79 Å². The Morgan fingerprint density at radius 2 is 2.05 bits per heavy atom. The summed E-state index contributed by atoms with van der Waals surface area (Å²) in [6.45, 7) is 2.06. The van der Waals surface area contributed by atoms with Crippen molar-refractivity contribution in [2.45, 2.75) is 44.9 Å². The summed E-state index contributed by atoms with van der Waals surface area (Å²) in [5.74, 6) is 0.441. The van der Waals surface area contributed by atoms with Crippen LogP contribution in [0.3, 0.4) is 0 Å². The maximum absolute atomic E-state index is 11.4. The lowest BCUT2D eigenvalue weighted by molar-refractivity contribution is 0.112. The van der Waals surface area contributed by atoms with Crippen LogP contribution in [0.15, 0.2) is 28.9 Å². The van der Waals surface area contributed by atoms with Crippen molar-refractivity contribution >= 4 is 22.2 Å². The second kappa shape index (κ2) is 6.14. The van der Waals surface area contributed by atoms with E-state index in [4.69, 9.17) is 5.10 Å². The minimum atomic E-state index is 0.441. The maximum Gasteiger partial charge on any atom is 0.153 e. The first-order valence-corrected chi connectivity index (χ1v) is 8.29. The van der Waals surface area contributed by atoms with Crippen molar-refractivity contribution in [2.75, 3.05) is 0 Å². The number of benzene rings is 1. The molecule has 1 aromatic heterocycles.